The number of ether oxygens (including phenoxy) is 6. The van der Waals surface area contributed by atoms with Gasteiger partial charge in [-0.1, -0.05) is 6.92 Å². The number of carbonyl (C=O) groups is 1. The molecule has 8 nitrogen and oxygen atoms in total. The summed E-state index contributed by atoms with van der Waals surface area (Å²) in [6, 6.07) is 6.33. The van der Waals surface area contributed by atoms with Gasteiger partial charge in [-0.3, -0.25) is 0 Å². The predicted octanol–water partition coefficient (Wildman–Crippen LogP) is 5.96. The van der Waals surface area contributed by atoms with E-state index in [0.717, 1.165) is 12.1 Å². The number of aromatic nitrogens is 1. The minimum absolute atomic E-state index is 0.150. The quantitative estimate of drug-likeness (QED) is 0.382. The van der Waals surface area contributed by atoms with Gasteiger partial charge >= 0.3 is 12.5 Å². The summed E-state index contributed by atoms with van der Waals surface area (Å²) in [5, 5.41) is 0.300. The van der Waals surface area contributed by atoms with Gasteiger partial charge in [0.05, 0.1) is 26.7 Å². The second kappa shape index (κ2) is 9.94. The van der Waals surface area contributed by atoms with E-state index in [1.165, 1.54) is 39.5 Å². The molecule has 182 valence electrons. The standard InChI is InChI=1S/C23H22F3NO7/c1-6-15-12(2)20(33-22(28)31-5)18-19(27-15)16(29-3)11-17(21(18)30-4)32-13-7-9-14(10-8-13)34-23(24,25)26/h7-11H,6H2,1-5H3. The van der Waals surface area contributed by atoms with Crippen molar-refractivity contribution in [3.05, 3.63) is 41.6 Å². The minimum Gasteiger partial charge on any atom is -0.494 e. The van der Waals surface area contributed by atoms with Crippen molar-refractivity contribution in [2.45, 2.75) is 26.6 Å². The van der Waals surface area contributed by atoms with Gasteiger partial charge in [0, 0.05) is 17.3 Å². The smallest absolute Gasteiger partial charge is 0.494 e. The molecule has 0 spiro atoms. The molecule has 0 bridgehead atoms. The Morgan fingerprint density at radius 3 is 2.15 bits per heavy atom. The molecule has 0 aliphatic carbocycles. The largest absolute Gasteiger partial charge is 0.573 e. The van der Waals surface area contributed by atoms with Gasteiger partial charge in [0.1, 0.15) is 22.8 Å². The number of carbonyl (C=O) groups excluding carboxylic acids is 1. The molecule has 0 aliphatic heterocycles. The molecule has 2 aromatic carbocycles. The average Bonchev–Trinajstić information content (AvgIpc) is 2.80. The Bertz CT molecular complexity index is 1190. The number of aryl methyl sites for hydroxylation is 1. The van der Waals surface area contributed by atoms with Crippen molar-refractivity contribution in [1.82, 2.24) is 4.98 Å². The first kappa shape index (κ1) is 24.7. The van der Waals surface area contributed by atoms with Gasteiger partial charge in [-0.25, -0.2) is 9.78 Å². The fraction of sp³-hybridized carbons (Fsp3) is 0.304. The fourth-order valence-corrected chi connectivity index (χ4v) is 3.33. The monoisotopic (exact) mass is 481 g/mol. The van der Waals surface area contributed by atoms with E-state index >= 15 is 0 Å². The van der Waals surface area contributed by atoms with Gasteiger partial charge in [-0.2, -0.15) is 0 Å². The second-order valence-corrected chi connectivity index (χ2v) is 6.88. The second-order valence-electron chi connectivity index (χ2n) is 6.88. The summed E-state index contributed by atoms with van der Waals surface area (Å²) in [5.74, 6) is 0.568. The Labute approximate surface area is 193 Å². The maximum atomic E-state index is 12.4. The molecule has 0 aliphatic rings. The molecule has 1 heterocycles. The molecule has 0 unspecified atom stereocenters. The molecular formula is C23H22F3NO7. The van der Waals surface area contributed by atoms with Crippen molar-refractivity contribution in [2.75, 3.05) is 21.3 Å². The molecule has 11 heteroatoms. The van der Waals surface area contributed by atoms with E-state index in [9.17, 15) is 18.0 Å². The zero-order chi connectivity index (χ0) is 25.0. The molecule has 3 aromatic rings. The first-order valence-electron chi connectivity index (χ1n) is 9.99. The zero-order valence-corrected chi connectivity index (χ0v) is 19.0. The van der Waals surface area contributed by atoms with Crippen LogP contribution in [-0.2, 0) is 11.2 Å². The van der Waals surface area contributed by atoms with Crippen molar-refractivity contribution in [3.8, 4) is 34.5 Å². The van der Waals surface area contributed by atoms with Gasteiger partial charge in [-0.15, -0.1) is 13.2 Å². The lowest BCUT2D eigenvalue weighted by Crippen LogP contribution is -2.16. The fourth-order valence-electron chi connectivity index (χ4n) is 3.33. The third kappa shape index (κ3) is 5.19. The highest BCUT2D eigenvalue weighted by molar-refractivity contribution is 5.99. The molecule has 0 amide bonds. The summed E-state index contributed by atoms with van der Waals surface area (Å²) in [4.78, 5) is 16.6. The van der Waals surface area contributed by atoms with Crippen molar-refractivity contribution < 1.29 is 46.4 Å². The number of benzene rings is 2. The maximum absolute atomic E-state index is 12.4. The van der Waals surface area contributed by atoms with Crippen LogP contribution in [-0.4, -0.2) is 38.8 Å². The molecule has 1 aromatic heterocycles. The van der Waals surface area contributed by atoms with Crippen LogP contribution < -0.4 is 23.7 Å². The molecule has 0 radical (unpaired) electrons. The van der Waals surface area contributed by atoms with E-state index in [1.54, 1.807) is 6.92 Å². The van der Waals surface area contributed by atoms with Crippen LogP contribution in [0.5, 0.6) is 34.5 Å². The number of rotatable bonds is 7. The topological polar surface area (TPSA) is 85.3 Å². The number of methoxy groups -OCH3 is 3. The molecule has 0 N–H and O–H groups in total. The Morgan fingerprint density at radius 1 is 0.971 bits per heavy atom. The van der Waals surface area contributed by atoms with Crippen molar-refractivity contribution in [3.63, 3.8) is 0 Å². The normalized spacial score (nSPS) is 11.2. The van der Waals surface area contributed by atoms with Gasteiger partial charge in [-0.05, 0) is 37.6 Å². The van der Waals surface area contributed by atoms with Gasteiger partial charge in [0.25, 0.3) is 0 Å². The number of halogens is 3. The molecule has 34 heavy (non-hydrogen) atoms. The number of pyridine rings is 1. The number of hydrogen-bond acceptors (Lipinski definition) is 8. The Kier molecular flexibility index (Phi) is 7.23. The van der Waals surface area contributed by atoms with E-state index in [0.29, 0.717) is 34.3 Å². The van der Waals surface area contributed by atoms with Crippen LogP contribution in [0.2, 0.25) is 0 Å². The van der Waals surface area contributed by atoms with Gasteiger partial charge < -0.3 is 28.4 Å². The van der Waals surface area contributed by atoms with Crippen LogP contribution in [0, 0.1) is 6.92 Å². The minimum atomic E-state index is -4.81. The molecule has 0 saturated carbocycles. The SMILES string of the molecule is CCc1nc2c(OC)cc(Oc3ccc(OC(F)(F)F)cc3)c(OC)c2c(OC(=O)OC)c1C. The third-order valence-corrected chi connectivity index (χ3v) is 4.83. The van der Waals surface area contributed by atoms with Crippen LogP contribution in [0.15, 0.2) is 30.3 Å². The van der Waals surface area contributed by atoms with E-state index in [2.05, 4.69) is 14.5 Å². The van der Waals surface area contributed by atoms with Crippen LogP contribution in [0.1, 0.15) is 18.2 Å². The number of nitrogens with zero attached hydrogens (tertiary/aromatic N) is 1. The summed E-state index contributed by atoms with van der Waals surface area (Å²) >= 11 is 0. The molecular weight excluding hydrogens is 459 g/mol. The predicted molar refractivity (Wildman–Crippen MR) is 115 cm³/mol. The number of alkyl halides is 3. The zero-order valence-electron chi connectivity index (χ0n) is 19.0. The Morgan fingerprint density at radius 2 is 1.62 bits per heavy atom. The highest BCUT2D eigenvalue weighted by atomic mass is 19.4. The summed E-state index contributed by atoms with van der Waals surface area (Å²) in [5.41, 5.74) is 1.62. The van der Waals surface area contributed by atoms with Crippen LogP contribution >= 0.6 is 0 Å². The average molecular weight is 481 g/mol. The maximum Gasteiger partial charge on any atom is 0.573 e. The van der Waals surface area contributed by atoms with E-state index in [1.807, 2.05) is 6.92 Å². The highest BCUT2D eigenvalue weighted by Gasteiger charge is 2.31. The first-order chi connectivity index (χ1) is 16.1. The van der Waals surface area contributed by atoms with Crippen molar-refractivity contribution >= 4 is 17.1 Å². The third-order valence-electron chi connectivity index (χ3n) is 4.83. The van der Waals surface area contributed by atoms with Crippen LogP contribution in [0.4, 0.5) is 18.0 Å². The lowest BCUT2D eigenvalue weighted by Gasteiger charge is -2.19. The Hall–Kier alpha value is -3.89. The van der Waals surface area contributed by atoms with Gasteiger partial charge in [0.15, 0.2) is 17.2 Å². The summed E-state index contributed by atoms with van der Waals surface area (Å²) in [6.07, 6.45) is -5.20. The highest BCUT2D eigenvalue weighted by Crippen LogP contribution is 2.48. The van der Waals surface area contributed by atoms with Crippen molar-refractivity contribution in [1.29, 1.82) is 0 Å². The van der Waals surface area contributed by atoms with Crippen LogP contribution in [0.3, 0.4) is 0 Å². The van der Waals surface area contributed by atoms with E-state index in [4.69, 9.17) is 18.9 Å². The summed E-state index contributed by atoms with van der Waals surface area (Å²) < 4.78 is 68.2. The van der Waals surface area contributed by atoms with E-state index in [-0.39, 0.29) is 23.0 Å². The summed E-state index contributed by atoms with van der Waals surface area (Å²) in [6.45, 7) is 3.64. The van der Waals surface area contributed by atoms with Crippen molar-refractivity contribution in [2.24, 2.45) is 0 Å². The molecule has 0 saturated heterocycles. The van der Waals surface area contributed by atoms with Crippen LogP contribution in [0.25, 0.3) is 10.9 Å². The lowest BCUT2D eigenvalue weighted by atomic mass is 10.0. The van der Waals surface area contributed by atoms with Gasteiger partial charge in [0.2, 0.25) is 0 Å². The van der Waals surface area contributed by atoms with E-state index < -0.39 is 18.3 Å². The Balaban J connectivity index is 2.17. The number of hydrogen-bond donors (Lipinski definition) is 0. The molecule has 0 atom stereocenters. The summed E-state index contributed by atoms with van der Waals surface area (Å²) in [7, 11) is 4.00. The number of fused-ring (bicyclic) bond motifs is 1. The molecule has 0 fully saturated rings. The molecule has 3 rings (SSSR count). The lowest BCUT2D eigenvalue weighted by molar-refractivity contribution is -0.274. The first-order valence-corrected chi connectivity index (χ1v) is 9.99.